The van der Waals surface area contributed by atoms with Crippen molar-refractivity contribution in [2.24, 2.45) is 0 Å². The van der Waals surface area contributed by atoms with Crippen LogP contribution in [-0.2, 0) is 11.2 Å². The molecule has 0 bridgehead atoms. The summed E-state index contributed by atoms with van der Waals surface area (Å²) in [6.45, 7) is 2.20. The third-order valence-electron chi connectivity index (χ3n) is 3.82. The van der Waals surface area contributed by atoms with E-state index in [0.717, 1.165) is 10.9 Å². The Morgan fingerprint density at radius 2 is 2.00 bits per heavy atom. The number of ether oxygens (including phenoxy) is 1. The van der Waals surface area contributed by atoms with Crippen molar-refractivity contribution < 1.29 is 4.74 Å². The first-order valence-electron chi connectivity index (χ1n) is 6.80. The van der Waals surface area contributed by atoms with Crippen molar-refractivity contribution >= 4 is 21.6 Å². The Labute approximate surface area is 118 Å². The fourth-order valence-corrected chi connectivity index (χ4v) is 3.07. The molecule has 0 saturated heterocycles. The van der Waals surface area contributed by atoms with E-state index in [1.165, 1.54) is 36.9 Å². The first-order valence-corrected chi connectivity index (χ1v) is 7.60. The molecule has 3 heteroatoms. The first kappa shape index (κ1) is 13.9. The molecule has 0 spiro atoms. The van der Waals surface area contributed by atoms with Gasteiger partial charge in [0, 0.05) is 23.3 Å². The fourth-order valence-electron chi connectivity index (χ4n) is 2.66. The van der Waals surface area contributed by atoms with Crippen LogP contribution in [0.5, 0.6) is 0 Å². The summed E-state index contributed by atoms with van der Waals surface area (Å²) in [5, 5.41) is 3.70. The number of halogens is 1. The van der Waals surface area contributed by atoms with E-state index < -0.39 is 0 Å². The molecule has 0 aromatic heterocycles. The summed E-state index contributed by atoms with van der Waals surface area (Å²) in [4.78, 5) is 0. The van der Waals surface area contributed by atoms with Gasteiger partial charge in [-0.2, -0.15) is 0 Å². The monoisotopic (exact) mass is 311 g/mol. The molecule has 0 unspecified atom stereocenters. The highest BCUT2D eigenvalue weighted by molar-refractivity contribution is 9.10. The van der Waals surface area contributed by atoms with E-state index in [1.54, 1.807) is 0 Å². The maximum absolute atomic E-state index is 5.42. The molecule has 1 N–H and O–H groups in total. The van der Waals surface area contributed by atoms with E-state index in [4.69, 9.17) is 4.74 Å². The van der Waals surface area contributed by atoms with E-state index in [1.807, 2.05) is 7.11 Å². The van der Waals surface area contributed by atoms with Crippen LogP contribution >= 0.6 is 15.9 Å². The van der Waals surface area contributed by atoms with Gasteiger partial charge >= 0.3 is 0 Å². The van der Waals surface area contributed by atoms with Gasteiger partial charge in [-0.25, -0.2) is 0 Å². The molecule has 0 aliphatic heterocycles. The Balaban J connectivity index is 1.97. The summed E-state index contributed by atoms with van der Waals surface area (Å²) in [5.74, 6) is 0. The molecule has 0 radical (unpaired) electrons. The lowest BCUT2D eigenvalue weighted by Crippen LogP contribution is -2.29. The van der Waals surface area contributed by atoms with Gasteiger partial charge in [0.25, 0.3) is 0 Å². The van der Waals surface area contributed by atoms with Gasteiger partial charge in [-0.05, 0) is 55.9 Å². The number of rotatable bonds is 4. The molecule has 1 aromatic rings. The highest BCUT2D eigenvalue weighted by atomic mass is 79.9. The van der Waals surface area contributed by atoms with Crippen LogP contribution in [0.1, 0.15) is 38.2 Å². The second-order valence-corrected chi connectivity index (χ2v) is 5.92. The zero-order chi connectivity index (χ0) is 13.0. The van der Waals surface area contributed by atoms with Crippen molar-refractivity contribution in [1.82, 2.24) is 0 Å². The minimum atomic E-state index is 0.471. The van der Waals surface area contributed by atoms with Gasteiger partial charge in [0.15, 0.2) is 0 Å². The minimum absolute atomic E-state index is 0.471. The standard InChI is InChI=1S/C15H22BrNO/c1-3-11-10-12(16)4-9-15(11)17-13-5-7-14(18-2)8-6-13/h4,9-10,13-14,17H,3,5-8H2,1-2H3. The highest BCUT2D eigenvalue weighted by Crippen LogP contribution is 2.27. The smallest absolute Gasteiger partial charge is 0.0572 e. The summed E-state index contributed by atoms with van der Waals surface area (Å²) in [7, 11) is 1.82. The Hall–Kier alpha value is -0.540. The predicted molar refractivity (Wildman–Crippen MR) is 80.2 cm³/mol. The molecule has 0 heterocycles. The van der Waals surface area contributed by atoms with Crippen molar-refractivity contribution in [3.63, 3.8) is 0 Å². The molecule has 1 aromatic carbocycles. The van der Waals surface area contributed by atoms with Crippen molar-refractivity contribution in [3.8, 4) is 0 Å². The summed E-state index contributed by atoms with van der Waals surface area (Å²) in [6, 6.07) is 7.11. The van der Waals surface area contributed by atoms with E-state index in [9.17, 15) is 0 Å². The van der Waals surface area contributed by atoms with Gasteiger partial charge in [0.2, 0.25) is 0 Å². The summed E-state index contributed by atoms with van der Waals surface area (Å²) < 4.78 is 6.58. The third-order valence-corrected chi connectivity index (χ3v) is 4.31. The van der Waals surface area contributed by atoms with Crippen LogP contribution in [0.2, 0.25) is 0 Å². The van der Waals surface area contributed by atoms with Crippen LogP contribution in [0, 0.1) is 0 Å². The third kappa shape index (κ3) is 3.48. The number of anilines is 1. The van der Waals surface area contributed by atoms with Gasteiger partial charge in [-0.1, -0.05) is 22.9 Å². The van der Waals surface area contributed by atoms with Crippen LogP contribution in [0.25, 0.3) is 0 Å². The normalized spacial score (nSPS) is 23.9. The molecule has 0 amide bonds. The SMILES string of the molecule is CCc1cc(Br)ccc1NC1CCC(OC)CC1. The number of hydrogen-bond donors (Lipinski definition) is 1. The highest BCUT2D eigenvalue weighted by Gasteiger charge is 2.21. The van der Waals surface area contributed by atoms with Crippen molar-refractivity contribution in [1.29, 1.82) is 0 Å². The molecular formula is C15H22BrNO. The topological polar surface area (TPSA) is 21.3 Å². The number of benzene rings is 1. The Bertz CT molecular complexity index is 386. The predicted octanol–water partition coefficient (Wildman–Crippen LogP) is 4.38. The largest absolute Gasteiger partial charge is 0.382 e. The van der Waals surface area contributed by atoms with Gasteiger partial charge in [0.05, 0.1) is 6.10 Å². The number of nitrogens with one attached hydrogen (secondary N) is 1. The van der Waals surface area contributed by atoms with Crippen LogP contribution in [0.3, 0.4) is 0 Å². The van der Waals surface area contributed by atoms with Gasteiger partial charge in [-0.15, -0.1) is 0 Å². The number of hydrogen-bond acceptors (Lipinski definition) is 2. The zero-order valence-electron chi connectivity index (χ0n) is 11.2. The molecule has 1 fully saturated rings. The van der Waals surface area contributed by atoms with Crippen molar-refractivity contribution in [2.45, 2.75) is 51.2 Å². The average molecular weight is 312 g/mol. The van der Waals surface area contributed by atoms with Gasteiger partial charge in [-0.3, -0.25) is 0 Å². The molecule has 1 saturated carbocycles. The Morgan fingerprint density at radius 1 is 1.28 bits per heavy atom. The Morgan fingerprint density at radius 3 is 2.61 bits per heavy atom. The number of aryl methyl sites for hydroxylation is 1. The second-order valence-electron chi connectivity index (χ2n) is 5.01. The van der Waals surface area contributed by atoms with E-state index in [2.05, 4.69) is 46.4 Å². The lowest BCUT2D eigenvalue weighted by atomic mass is 9.92. The lowest BCUT2D eigenvalue weighted by Gasteiger charge is -2.29. The van der Waals surface area contributed by atoms with Crippen molar-refractivity contribution in [3.05, 3.63) is 28.2 Å². The molecule has 0 atom stereocenters. The molecule has 2 nitrogen and oxygen atoms in total. The Kier molecular flexibility index (Phi) is 5.07. The fraction of sp³-hybridized carbons (Fsp3) is 0.600. The number of methoxy groups -OCH3 is 1. The maximum atomic E-state index is 5.42. The average Bonchev–Trinajstić information content (AvgIpc) is 2.41. The zero-order valence-corrected chi connectivity index (χ0v) is 12.8. The van der Waals surface area contributed by atoms with E-state index in [0.29, 0.717) is 12.1 Å². The van der Waals surface area contributed by atoms with E-state index >= 15 is 0 Å². The van der Waals surface area contributed by atoms with Crippen LogP contribution in [0.15, 0.2) is 22.7 Å². The summed E-state index contributed by atoms with van der Waals surface area (Å²) in [5.41, 5.74) is 2.68. The van der Waals surface area contributed by atoms with E-state index in [-0.39, 0.29) is 0 Å². The molecule has 2 rings (SSSR count). The van der Waals surface area contributed by atoms with Gasteiger partial charge < -0.3 is 10.1 Å². The molecule has 18 heavy (non-hydrogen) atoms. The molecule has 1 aliphatic carbocycles. The molecule has 100 valence electrons. The summed E-state index contributed by atoms with van der Waals surface area (Å²) >= 11 is 3.54. The van der Waals surface area contributed by atoms with Crippen molar-refractivity contribution in [2.75, 3.05) is 12.4 Å². The first-order chi connectivity index (χ1) is 8.72. The molecule has 1 aliphatic rings. The quantitative estimate of drug-likeness (QED) is 0.891. The van der Waals surface area contributed by atoms with Gasteiger partial charge in [0.1, 0.15) is 0 Å². The van der Waals surface area contributed by atoms with Crippen LogP contribution in [0.4, 0.5) is 5.69 Å². The maximum Gasteiger partial charge on any atom is 0.0572 e. The van der Waals surface area contributed by atoms with Crippen LogP contribution in [-0.4, -0.2) is 19.3 Å². The minimum Gasteiger partial charge on any atom is -0.382 e. The summed E-state index contributed by atoms with van der Waals surface area (Å²) in [6.07, 6.45) is 6.29. The molecular weight excluding hydrogens is 290 g/mol. The second kappa shape index (κ2) is 6.58. The lowest BCUT2D eigenvalue weighted by molar-refractivity contribution is 0.0682. The van der Waals surface area contributed by atoms with Crippen LogP contribution < -0.4 is 5.32 Å².